The summed E-state index contributed by atoms with van der Waals surface area (Å²) in [5.74, 6) is 1.30. The van der Waals surface area contributed by atoms with Gasteiger partial charge in [0.2, 0.25) is 5.89 Å². The molecule has 0 unspecified atom stereocenters. The fourth-order valence-corrected chi connectivity index (χ4v) is 2.62. The fourth-order valence-electron chi connectivity index (χ4n) is 2.62. The zero-order chi connectivity index (χ0) is 18.1. The summed E-state index contributed by atoms with van der Waals surface area (Å²) in [4.78, 5) is 12.3. The second-order valence-electron chi connectivity index (χ2n) is 6.02. The van der Waals surface area contributed by atoms with Gasteiger partial charge in [0.15, 0.2) is 11.5 Å². The number of rotatable bonds is 3. The van der Waals surface area contributed by atoms with Crippen LogP contribution in [0.15, 0.2) is 40.8 Å². The predicted octanol–water partition coefficient (Wildman–Crippen LogP) is 3.38. The van der Waals surface area contributed by atoms with E-state index in [1.54, 1.807) is 24.3 Å². The number of benzene rings is 2. The minimum Gasteiger partial charge on any atom is -0.486 e. The van der Waals surface area contributed by atoms with Crippen LogP contribution in [-0.4, -0.2) is 29.3 Å². The van der Waals surface area contributed by atoms with E-state index in [2.05, 4.69) is 15.5 Å². The number of aryl methyl sites for hydroxylation is 2. The number of fused-ring (bicyclic) bond motifs is 1. The molecule has 3 aromatic rings. The van der Waals surface area contributed by atoms with Crippen molar-refractivity contribution in [2.75, 3.05) is 18.5 Å². The Morgan fingerprint density at radius 2 is 1.77 bits per heavy atom. The van der Waals surface area contributed by atoms with Crippen molar-refractivity contribution in [2.45, 2.75) is 13.8 Å². The second kappa shape index (κ2) is 6.51. The van der Waals surface area contributed by atoms with Gasteiger partial charge in [0.05, 0.1) is 0 Å². The van der Waals surface area contributed by atoms with Gasteiger partial charge in [-0.05, 0) is 55.3 Å². The third kappa shape index (κ3) is 3.11. The van der Waals surface area contributed by atoms with Crippen molar-refractivity contribution in [1.29, 1.82) is 0 Å². The van der Waals surface area contributed by atoms with Crippen LogP contribution in [0.1, 0.15) is 21.5 Å². The molecule has 0 fully saturated rings. The highest BCUT2D eigenvalue weighted by atomic mass is 16.6. The van der Waals surface area contributed by atoms with Crippen molar-refractivity contribution in [3.8, 4) is 23.0 Å². The summed E-state index contributed by atoms with van der Waals surface area (Å²) in [5, 5.41) is 10.5. The molecule has 0 saturated heterocycles. The van der Waals surface area contributed by atoms with Gasteiger partial charge in [-0.15, -0.1) is 5.10 Å². The van der Waals surface area contributed by atoms with Crippen molar-refractivity contribution in [1.82, 2.24) is 10.2 Å². The Morgan fingerprint density at radius 1 is 0.962 bits per heavy atom. The fraction of sp³-hybridized carbons (Fsp3) is 0.211. The smallest absolute Gasteiger partial charge is 0.322 e. The molecule has 1 aliphatic rings. The zero-order valence-electron chi connectivity index (χ0n) is 14.4. The minimum absolute atomic E-state index is 0.0399. The Hall–Kier alpha value is -3.35. The highest BCUT2D eigenvalue weighted by Gasteiger charge is 2.17. The van der Waals surface area contributed by atoms with E-state index in [0.29, 0.717) is 35.8 Å². The summed E-state index contributed by atoms with van der Waals surface area (Å²) < 4.78 is 16.6. The van der Waals surface area contributed by atoms with Crippen LogP contribution in [0.5, 0.6) is 11.5 Å². The van der Waals surface area contributed by atoms with Gasteiger partial charge in [-0.25, -0.2) is 0 Å². The highest BCUT2D eigenvalue weighted by molar-refractivity contribution is 6.03. The Morgan fingerprint density at radius 3 is 2.58 bits per heavy atom. The van der Waals surface area contributed by atoms with E-state index in [1.807, 2.05) is 26.0 Å². The lowest BCUT2D eigenvalue weighted by Crippen LogP contribution is -2.15. The maximum absolute atomic E-state index is 12.3. The summed E-state index contributed by atoms with van der Waals surface area (Å²) in [5.41, 5.74) is 3.39. The Labute approximate surface area is 150 Å². The van der Waals surface area contributed by atoms with Gasteiger partial charge in [0, 0.05) is 11.1 Å². The standard InChI is InChI=1S/C19H17N3O4/c1-11-3-4-13(9-12(11)2)17(23)20-19-22-21-18(26-19)14-5-6-15-16(10-14)25-8-7-24-15/h3-6,9-10H,7-8H2,1-2H3,(H,20,22,23). The van der Waals surface area contributed by atoms with E-state index in [1.165, 1.54) is 0 Å². The number of nitrogens with zero attached hydrogens (tertiary/aromatic N) is 2. The molecule has 26 heavy (non-hydrogen) atoms. The van der Waals surface area contributed by atoms with Crippen molar-refractivity contribution in [2.24, 2.45) is 0 Å². The molecule has 1 aliphatic heterocycles. The lowest BCUT2D eigenvalue weighted by atomic mass is 10.1. The number of hydrogen-bond donors (Lipinski definition) is 1. The SMILES string of the molecule is Cc1ccc(C(=O)Nc2nnc(-c3ccc4c(c3)OCCO4)o2)cc1C. The van der Waals surface area contributed by atoms with Gasteiger partial charge < -0.3 is 13.9 Å². The molecular weight excluding hydrogens is 334 g/mol. The van der Waals surface area contributed by atoms with Gasteiger partial charge in [-0.2, -0.15) is 0 Å². The maximum Gasteiger partial charge on any atom is 0.322 e. The van der Waals surface area contributed by atoms with Gasteiger partial charge in [-0.1, -0.05) is 11.2 Å². The van der Waals surface area contributed by atoms with Gasteiger partial charge in [0.25, 0.3) is 5.91 Å². The average molecular weight is 351 g/mol. The first-order valence-corrected chi connectivity index (χ1v) is 8.22. The van der Waals surface area contributed by atoms with Crippen molar-refractivity contribution >= 4 is 11.9 Å². The van der Waals surface area contributed by atoms with Crippen LogP contribution < -0.4 is 14.8 Å². The van der Waals surface area contributed by atoms with Gasteiger partial charge in [0.1, 0.15) is 13.2 Å². The number of amides is 1. The van der Waals surface area contributed by atoms with Crippen molar-refractivity contribution in [3.63, 3.8) is 0 Å². The molecular formula is C19H17N3O4. The van der Waals surface area contributed by atoms with Crippen LogP contribution in [0.4, 0.5) is 6.01 Å². The molecule has 1 aromatic heterocycles. The summed E-state index contributed by atoms with van der Waals surface area (Å²) in [6.45, 7) is 4.98. The number of nitrogens with one attached hydrogen (secondary N) is 1. The van der Waals surface area contributed by atoms with E-state index >= 15 is 0 Å². The third-order valence-electron chi connectivity index (χ3n) is 4.20. The molecule has 0 atom stereocenters. The van der Waals surface area contributed by atoms with Gasteiger partial charge in [-0.3, -0.25) is 10.1 Å². The largest absolute Gasteiger partial charge is 0.486 e. The molecule has 0 radical (unpaired) electrons. The van der Waals surface area contributed by atoms with Crippen LogP contribution >= 0.6 is 0 Å². The monoisotopic (exact) mass is 351 g/mol. The number of carbonyl (C=O) groups excluding carboxylic acids is 1. The number of carbonyl (C=O) groups is 1. The molecule has 0 saturated carbocycles. The topological polar surface area (TPSA) is 86.5 Å². The van der Waals surface area contributed by atoms with E-state index in [4.69, 9.17) is 13.9 Å². The number of anilines is 1. The van der Waals surface area contributed by atoms with E-state index < -0.39 is 0 Å². The van der Waals surface area contributed by atoms with Crippen LogP contribution in [0, 0.1) is 13.8 Å². The molecule has 132 valence electrons. The molecule has 1 amide bonds. The van der Waals surface area contributed by atoms with Crippen LogP contribution in [0.25, 0.3) is 11.5 Å². The van der Waals surface area contributed by atoms with Crippen molar-refractivity contribution in [3.05, 3.63) is 53.1 Å². The third-order valence-corrected chi connectivity index (χ3v) is 4.20. The molecule has 0 aliphatic carbocycles. The first-order chi connectivity index (χ1) is 12.6. The molecule has 2 heterocycles. The van der Waals surface area contributed by atoms with Crippen LogP contribution in [-0.2, 0) is 0 Å². The average Bonchev–Trinajstić information content (AvgIpc) is 3.12. The number of aromatic nitrogens is 2. The molecule has 0 spiro atoms. The second-order valence-corrected chi connectivity index (χ2v) is 6.02. The van der Waals surface area contributed by atoms with E-state index in [-0.39, 0.29) is 17.8 Å². The molecule has 4 rings (SSSR count). The highest BCUT2D eigenvalue weighted by Crippen LogP contribution is 2.34. The lowest BCUT2D eigenvalue weighted by molar-refractivity contribution is 0.102. The summed E-state index contributed by atoms with van der Waals surface area (Å²) in [6, 6.07) is 10.9. The predicted molar refractivity (Wildman–Crippen MR) is 94.6 cm³/mol. The summed E-state index contributed by atoms with van der Waals surface area (Å²) >= 11 is 0. The normalized spacial score (nSPS) is 12.7. The van der Waals surface area contributed by atoms with Crippen LogP contribution in [0.2, 0.25) is 0 Å². The lowest BCUT2D eigenvalue weighted by Gasteiger charge is -2.18. The van der Waals surface area contributed by atoms with Crippen LogP contribution in [0.3, 0.4) is 0 Å². The molecule has 2 aromatic carbocycles. The number of hydrogen-bond acceptors (Lipinski definition) is 6. The summed E-state index contributed by atoms with van der Waals surface area (Å²) in [7, 11) is 0. The van der Waals surface area contributed by atoms with Gasteiger partial charge >= 0.3 is 6.01 Å². The first-order valence-electron chi connectivity index (χ1n) is 8.22. The minimum atomic E-state index is -0.300. The Bertz CT molecular complexity index is 981. The summed E-state index contributed by atoms with van der Waals surface area (Å²) in [6.07, 6.45) is 0. The molecule has 7 heteroatoms. The van der Waals surface area contributed by atoms with E-state index in [9.17, 15) is 4.79 Å². The van der Waals surface area contributed by atoms with Crippen molar-refractivity contribution < 1.29 is 18.7 Å². The Kier molecular flexibility index (Phi) is 4.04. The number of ether oxygens (including phenoxy) is 2. The molecule has 0 bridgehead atoms. The van der Waals surface area contributed by atoms with E-state index in [0.717, 1.165) is 11.1 Å². The zero-order valence-corrected chi connectivity index (χ0v) is 14.4. The maximum atomic E-state index is 12.3. The molecule has 7 nitrogen and oxygen atoms in total. The molecule has 1 N–H and O–H groups in total. The Balaban J connectivity index is 1.52. The quantitative estimate of drug-likeness (QED) is 0.778. The first kappa shape index (κ1) is 16.1.